The second-order valence-electron chi connectivity index (χ2n) is 3.90. The lowest BCUT2D eigenvalue weighted by atomic mass is 9.95. The maximum Gasteiger partial charge on any atom is 0.215 e. The lowest BCUT2D eigenvalue weighted by Crippen LogP contribution is -2.45. The van der Waals surface area contributed by atoms with Gasteiger partial charge in [-0.3, -0.25) is 0 Å². The Balaban J connectivity index is 2.58. The quantitative estimate of drug-likeness (QED) is 0.728. The topological polar surface area (TPSA) is 57.6 Å². The molecule has 4 nitrogen and oxygen atoms in total. The van der Waals surface area contributed by atoms with E-state index in [9.17, 15) is 13.5 Å². The van der Waals surface area contributed by atoms with Gasteiger partial charge in [0.05, 0.1) is 11.4 Å². The molecule has 1 N–H and O–H groups in total. The molecule has 1 fully saturated rings. The van der Waals surface area contributed by atoms with Crippen LogP contribution in [0.15, 0.2) is 0 Å². The van der Waals surface area contributed by atoms with E-state index >= 15 is 0 Å². The summed E-state index contributed by atoms with van der Waals surface area (Å²) in [5.74, 6) is 0.103. The second kappa shape index (κ2) is 4.35. The zero-order valence-electron chi connectivity index (χ0n) is 8.24. The van der Waals surface area contributed by atoms with Crippen LogP contribution in [0.1, 0.15) is 19.8 Å². The standard InChI is InChI=1S/C8H16ClNO3S/c1-8(11)2-5-10(6-3-8)14(12,13)7-4-9/h11H,2-7H2,1H3. The summed E-state index contributed by atoms with van der Waals surface area (Å²) in [4.78, 5) is 0. The molecule has 84 valence electrons. The van der Waals surface area contributed by atoms with Gasteiger partial charge in [0.25, 0.3) is 0 Å². The van der Waals surface area contributed by atoms with E-state index in [4.69, 9.17) is 11.6 Å². The first-order valence-corrected chi connectivity index (χ1v) is 6.78. The van der Waals surface area contributed by atoms with Crippen LogP contribution in [-0.4, -0.2) is 48.2 Å². The fraction of sp³-hybridized carbons (Fsp3) is 1.00. The van der Waals surface area contributed by atoms with Gasteiger partial charge in [0.2, 0.25) is 10.0 Å². The number of piperidine rings is 1. The fourth-order valence-electron chi connectivity index (χ4n) is 1.47. The maximum atomic E-state index is 11.6. The minimum atomic E-state index is -3.19. The Hall–Kier alpha value is 0.160. The highest BCUT2D eigenvalue weighted by molar-refractivity contribution is 7.89. The number of halogens is 1. The molecule has 0 spiro atoms. The van der Waals surface area contributed by atoms with Crippen LogP contribution in [0.4, 0.5) is 0 Å². The lowest BCUT2D eigenvalue weighted by Gasteiger charge is -2.34. The highest BCUT2D eigenvalue weighted by Gasteiger charge is 2.32. The molecule has 0 amide bonds. The lowest BCUT2D eigenvalue weighted by molar-refractivity contribution is 0.0126. The van der Waals surface area contributed by atoms with Crippen LogP contribution in [0.5, 0.6) is 0 Å². The Morgan fingerprint density at radius 2 is 1.93 bits per heavy atom. The molecule has 0 aromatic heterocycles. The molecule has 1 rings (SSSR count). The Kier molecular flexibility index (Phi) is 3.80. The summed E-state index contributed by atoms with van der Waals surface area (Å²) in [6, 6.07) is 0. The van der Waals surface area contributed by atoms with Gasteiger partial charge in [-0.15, -0.1) is 11.6 Å². The minimum Gasteiger partial charge on any atom is -0.390 e. The van der Waals surface area contributed by atoms with Gasteiger partial charge in [-0.05, 0) is 19.8 Å². The normalized spacial score (nSPS) is 23.6. The number of nitrogens with zero attached hydrogens (tertiary/aromatic N) is 1. The zero-order valence-corrected chi connectivity index (χ0v) is 9.81. The van der Waals surface area contributed by atoms with E-state index in [1.165, 1.54) is 4.31 Å². The third kappa shape index (κ3) is 3.08. The van der Waals surface area contributed by atoms with Crippen molar-refractivity contribution in [2.24, 2.45) is 0 Å². The Bertz CT molecular complexity index is 279. The molecule has 0 unspecified atom stereocenters. The monoisotopic (exact) mass is 241 g/mol. The van der Waals surface area contributed by atoms with Crippen LogP contribution in [0.2, 0.25) is 0 Å². The van der Waals surface area contributed by atoms with Crippen molar-refractivity contribution in [1.29, 1.82) is 0 Å². The van der Waals surface area contributed by atoms with Gasteiger partial charge in [-0.2, -0.15) is 0 Å². The molecule has 1 heterocycles. The number of rotatable bonds is 3. The molecule has 1 aliphatic heterocycles. The summed E-state index contributed by atoms with van der Waals surface area (Å²) < 4.78 is 24.5. The summed E-state index contributed by atoms with van der Waals surface area (Å²) in [6.45, 7) is 2.52. The van der Waals surface area contributed by atoms with Gasteiger partial charge in [0, 0.05) is 19.0 Å². The molecule has 14 heavy (non-hydrogen) atoms. The predicted molar refractivity (Wildman–Crippen MR) is 55.9 cm³/mol. The van der Waals surface area contributed by atoms with E-state index in [0.29, 0.717) is 25.9 Å². The number of sulfonamides is 1. The molecule has 0 aromatic rings. The van der Waals surface area contributed by atoms with Gasteiger partial charge in [-0.1, -0.05) is 0 Å². The van der Waals surface area contributed by atoms with Crippen molar-refractivity contribution in [3.05, 3.63) is 0 Å². The highest BCUT2D eigenvalue weighted by atomic mass is 35.5. The molecule has 1 saturated heterocycles. The largest absolute Gasteiger partial charge is 0.390 e. The van der Waals surface area contributed by atoms with E-state index in [0.717, 1.165) is 0 Å². The Morgan fingerprint density at radius 3 is 2.36 bits per heavy atom. The van der Waals surface area contributed by atoms with Crippen molar-refractivity contribution in [1.82, 2.24) is 4.31 Å². The predicted octanol–water partition coefficient (Wildman–Crippen LogP) is 0.402. The van der Waals surface area contributed by atoms with Crippen molar-refractivity contribution < 1.29 is 13.5 Å². The van der Waals surface area contributed by atoms with E-state index in [2.05, 4.69) is 0 Å². The van der Waals surface area contributed by atoms with Crippen LogP contribution < -0.4 is 0 Å². The number of aliphatic hydroxyl groups is 1. The third-order valence-corrected chi connectivity index (χ3v) is 4.81. The van der Waals surface area contributed by atoms with Crippen LogP contribution >= 0.6 is 11.6 Å². The fourth-order valence-corrected chi connectivity index (χ4v) is 3.25. The van der Waals surface area contributed by atoms with Crippen LogP contribution in [-0.2, 0) is 10.0 Å². The smallest absolute Gasteiger partial charge is 0.215 e. The average molecular weight is 242 g/mol. The highest BCUT2D eigenvalue weighted by Crippen LogP contribution is 2.23. The average Bonchev–Trinajstić information content (AvgIpc) is 2.03. The zero-order chi connectivity index (χ0) is 10.8. The summed E-state index contributed by atoms with van der Waals surface area (Å²) >= 11 is 5.41. The molecule has 0 aliphatic carbocycles. The van der Waals surface area contributed by atoms with E-state index in [1.807, 2.05) is 0 Å². The maximum absolute atomic E-state index is 11.6. The summed E-state index contributed by atoms with van der Waals surface area (Å²) in [7, 11) is -3.19. The number of alkyl halides is 1. The first-order chi connectivity index (χ1) is 6.37. The molecule has 0 radical (unpaired) electrons. The first-order valence-electron chi connectivity index (χ1n) is 4.64. The van der Waals surface area contributed by atoms with Gasteiger partial charge in [0.15, 0.2) is 0 Å². The van der Waals surface area contributed by atoms with Crippen molar-refractivity contribution >= 4 is 21.6 Å². The number of hydrogen-bond donors (Lipinski definition) is 1. The van der Waals surface area contributed by atoms with Crippen molar-refractivity contribution in [3.8, 4) is 0 Å². The van der Waals surface area contributed by atoms with Crippen molar-refractivity contribution in [3.63, 3.8) is 0 Å². The molecule has 6 heteroatoms. The molecule has 0 bridgehead atoms. The van der Waals surface area contributed by atoms with Crippen LogP contribution in [0.3, 0.4) is 0 Å². The second-order valence-corrected chi connectivity index (χ2v) is 6.37. The first kappa shape index (κ1) is 12.2. The number of hydrogen-bond acceptors (Lipinski definition) is 3. The molecule has 1 aliphatic rings. The molecule has 0 aromatic carbocycles. The minimum absolute atomic E-state index is 0.0172. The summed E-state index contributed by atoms with van der Waals surface area (Å²) in [5.41, 5.74) is -0.715. The molecular weight excluding hydrogens is 226 g/mol. The van der Waals surface area contributed by atoms with Gasteiger partial charge in [-0.25, -0.2) is 12.7 Å². The summed E-state index contributed by atoms with van der Waals surface area (Å²) in [5, 5.41) is 9.64. The van der Waals surface area contributed by atoms with Crippen molar-refractivity contribution in [2.45, 2.75) is 25.4 Å². The van der Waals surface area contributed by atoms with Gasteiger partial charge < -0.3 is 5.11 Å². The molecule has 0 saturated carbocycles. The van der Waals surface area contributed by atoms with Gasteiger partial charge >= 0.3 is 0 Å². The van der Waals surface area contributed by atoms with Gasteiger partial charge in [0.1, 0.15) is 0 Å². The van der Waals surface area contributed by atoms with E-state index in [-0.39, 0.29) is 11.6 Å². The Morgan fingerprint density at radius 1 is 1.43 bits per heavy atom. The summed E-state index contributed by atoms with van der Waals surface area (Å²) in [6.07, 6.45) is 0.989. The van der Waals surface area contributed by atoms with Crippen LogP contribution in [0, 0.1) is 0 Å². The molecular formula is C8H16ClNO3S. The third-order valence-electron chi connectivity index (χ3n) is 2.53. The molecule has 0 atom stereocenters. The van der Waals surface area contributed by atoms with Crippen molar-refractivity contribution in [2.75, 3.05) is 24.7 Å². The van der Waals surface area contributed by atoms with E-state index in [1.54, 1.807) is 6.92 Å². The van der Waals surface area contributed by atoms with E-state index < -0.39 is 15.6 Å². The Labute approximate surface area is 89.9 Å². The van der Waals surface area contributed by atoms with Crippen LogP contribution in [0.25, 0.3) is 0 Å². The SMILES string of the molecule is CC1(O)CCN(S(=O)(=O)CCCl)CC1.